The maximum Gasteiger partial charge on any atom is 0.307 e. The molecule has 0 fully saturated rings. The Morgan fingerprint density at radius 3 is 2.44 bits per heavy atom. The molecule has 1 unspecified atom stereocenters. The number of anilines is 1. The molecule has 98 valence electrons. The average molecular weight is 267 g/mol. The van der Waals surface area contributed by atoms with Crippen LogP contribution in [0.4, 0.5) is 5.69 Å². The number of hydrogen-bond donors (Lipinski definition) is 2. The van der Waals surface area contributed by atoms with Crippen molar-refractivity contribution in [2.75, 3.05) is 17.3 Å². The Morgan fingerprint density at radius 1 is 1.33 bits per heavy atom. The van der Waals surface area contributed by atoms with E-state index in [1.807, 2.05) is 13.2 Å². The monoisotopic (exact) mass is 267 g/mol. The van der Waals surface area contributed by atoms with E-state index >= 15 is 0 Å². The average Bonchev–Trinajstić information content (AvgIpc) is 2.31. The van der Waals surface area contributed by atoms with Crippen LogP contribution >= 0.6 is 11.8 Å². The number of carbonyl (C=O) groups excluding carboxylic acids is 1. The lowest BCUT2D eigenvalue weighted by Crippen LogP contribution is -2.22. The van der Waals surface area contributed by atoms with E-state index < -0.39 is 5.97 Å². The number of carboxylic acids is 1. The smallest absolute Gasteiger partial charge is 0.307 e. The highest BCUT2D eigenvalue weighted by Crippen LogP contribution is 2.13. The van der Waals surface area contributed by atoms with Gasteiger partial charge in [-0.05, 0) is 24.0 Å². The SMILES string of the molecule is CSCC(C)C(=O)Nc1ccc(CC(=O)O)cc1. The summed E-state index contributed by atoms with van der Waals surface area (Å²) in [7, 11) is 0. The summed E-state index contributed by atoms with van der Waals surface area (Å²) in [5.74, 6) is -0.141. The molecule has 0 radical (unpaired) electrons. The van der Waals surface area contributed by atoms with Crippen molar-refractivity contribution in [1.82, 2.24) is 0 Å². The molecular formula is C13H17NO3S. The fourth-order valence-electron chi connectivity index (χ4n) is 1.47. The predicted octanol–water partition coefficient (Wildman–Crippen LogP) is 2.25. The van der Waals surface area contributed by atoms with Crippen LogP contribution in [-0.2, 0) is 16.0 Å². The summed E-state index contributed by atoms with van der Waals surface area (Å²) < 4.78 is 0. The third kappa shape index (κ3) is 4.79. The normalized spacial score (nSPS) is 11.9. The zero-order valence-electron chi connectivity index (χ0n) is 10.5. The molecule has 0 spiro atoms. The summed E-state index contributed by atoms with van der Waals surface area (Å²) in [5.41, 5.74) is 1.42. The number of benzene rings is 1. The molecule has 2 N–H and O–H groups in total. The van der Waals surface area contributed by atoms with E-state index in [2.05, 4.69) is 5.32 Å². The molecule has 4 nitrogen and oxygen atoms in total. The number of rotatable bonds is 6. The van der Waals surface area contributed by atoms with Gasteiger partial charge in [-0.25, -0.2) is 0 Å². The largest absolute Gasteiger partial charge is 0.481 e. The molecule has 0 aliphatic heterocycles. The lowest BCUT2D eigenvalue weighted by molar-refractivity contribution is -0.136. The van der Waals surface area contributed by atoms with Crippen molar-refractivity contribution in [1.29, 1.82) is 0 Å². The summed E-state index contributed by atoms with van der Waals surface area (Å²) in [6.07, 6.45) is 1.96. The zero-order valence-corrected chi connectivity index (χ0v) is 11.3. The molecule has 1 amide bonds. The third-order valence-corrected chi connectivity index (χ3v) is 3.27. The molecule has 1 atom stereocenters. The van der Waals surface area contributed by atoms with Gasteiger partial charge in [0.1, 0.15) is 0 Å². The Labute approximate surface area is 111 Å². The molecule has 0 aliphatic rings. The van der Waals surface area contributed by atoms with Gasteiger partial charge in [0.15, 0.2) is 0 Å². The van der Waals surface area contributed by atoms with E-state index in [-0.39, 0.29) is 18.2 Å². The van der Waals surface area contributed by atoms with Crippen LogP contribution in [-0.4, -0.2) is 29.0 Å². The van der Waals surface area contributed by atoms with Crippen molar-refractivity contribution in [3.63, 3.8) is 0 Å². The van der Waals surface area contributed by atoms with Crippen molar-refractivity contribution in [3.05, 3.63) is 29.8 Å². The molecule has 0 bridgehead atoms. The Balaban J connectivity index is 2.58. The molecule has 1 aromatic rings. The minimum absolute atomic E-state index is 0.00287. The summed E-state index contributed by atoms with van der Waals surface area (Å²) in [5, 5.41) is 11.4. The molecule has 0 aliphatic carbocycles. The number of nitrogens with one attached hydrogen (secondary N) is 1. The van der Waals surface area contributed by atoms with Gasteiger partial charge in [0.25, 0.3) is 0 Å². The summed E-state index contributed by atoms with van der Waals surface area (Å²) in [4.78, 5) is 22.3. The zero-order chi connectivity index (χ0) is 13.5. The van der Waals surface area contributed by atoms with Crippen LogP contribution in [0.1, 0.15) is 12.5 Å². The topological polar surface area (TPSA) is 66.4 Å². The van der Waals surface area contributed by atoms with Gasteiger partial charge in [0, 0.05) is 17.4 Å². The first-order valence-corrected chi connectivity index (χ1v) is 7.03. The molecule has 0 aromatic heterocycles. The Bertz CT molecular complexity index is 417. The fourth-order valence-corrected chi connectivity index (χ4v) is 2.12. The van der Waals surface area contributed by atoms with E-state index in [4.69, 9.17) is 5.11 Å². The summed E-state index contributed by atoms with van der Waals surface area (Å²) >= 11 is 1.63. The van der Waals surface area contributed by atoms with Crippen LogP contribution in [0.15, 0.2) is 24.3 Å². The number of hydrogen-bond acceptors (Lipinski definition) is 3. The van der Waals surface area contributed by atoms with Crippen molar-refractivity contribution in [2.45, 2.75) is 13.3 Å². The van der Waals surface area contributed by atoms with Crippen molar-refractivity contribution >= 4 is 29.3 Å². The van der Waals surface area contributed by atoms with Gasteiger partial charge in [-0.2, -0.15) is 11.8 Å². The van der Waals surface area contributed by atoms with E-state index in [1.165, 1.54) is 0 Å². The van der Waals surface area contributed by atoms with Crippen LogP contribution in [0.5, 0.6) is 0 Å². The van der Waals surface area contributed by atoms with Crippen LogP contribution < -0.4 is 5.32 Å². The van der Waals surface area contributed by atoms with Gasteiger partial charge >= 0.3 is 5.97 Å². The van der Waals surface area contributed by atoms with Crippen LogP contribution in [0.2, 0.25) is 0 Å². The van der Waals surface area contributed by atoms with E-state index in [9.17, 15) is 9.59 Å². The first-order chi connectivity index (χ1) is 8.52. The lowest BCUT2D eigenvalue weighted by atomic mass is 10.1. The minimum atomic E-state index is -0.861. The number of amides is 1. The fraction of sp³-hybridized carbons (Fsp3) is 0.385. The van der Waals surface area contributed by atoms with Crippen LogP contribution in [0.25, 0.3) is 0 Å². The lowest BCUT2D eigenvalue weighted by Gasteiger charge is -2.11. The Morgan fingerprint density at radius 2 is 1.94 bits per heavy atom. The van der Waals surface area contributed by atoms with Crippen molar-refractivity contribution < 1.29 is 14.7 Å². The highest BCUT2D eigenvalue weighted by molar-refractivity contribution is 7.98. The van der Waals surface area contributed by atoms with E-state index in [1.54, 1.807) is 36.0 Å². The van der Waals surface area contributed by atoms with Crippen LogP contribution in [0, 0.1) is 5.92 Å². The van der Waals surface area contributed by atoms with Crippen molar-refractivity contribution in [3.8, 4) is 0 Å². The van der Waals surface area contributed by atoms with Gasteiger partial charge in [-0.1, -0.05) is 19.1 Å². The van der Waals surface area contributed by atoms with Crippen molar-refractivity contribution in [2.24, 2.45) is 5.92 Å². The maximum atomic E-state index is 11.7. The Kier molecular flexibility index (Phi) is 5.71. The molecule has 1 rings (SSSR count). The van der Waals surface area contributed by atoms with Gasteiger partial charge in [-0.3, -0.25) is 9.59 Å². The number of carbonyl (C=O) groups is 2. The second kappa shape index (κ2) is 7.06. The molecular weight excluding hydrogens is 250 g/mol. The summed E-state index contributed by atoms with van der Waals surface area (Å²) in [6, 6.07) is 6.87. The number of carboxylic acid groups (broad SMARTS) is 1. The van der Waals surface area contributed by atoms with E-state index in [0.29, 0.717) is 5.69 Å². The molecule has 5 heteroatoms. The number of aliphatic carboxylic acids is 1. The standard InChI is InChI=1S/C13H17NO3S/c1-9(8-18-2)13(17)14-11-5-3-10(4-6-11)7-12(15)16/h3-6,9H,7-8H2,1-2H3,(H,14,17)(H,15,16). The van der Waals surface area contributed by atoms with Crippen LogP contribution in [0.3, 0.4) is 0 Å². The van der Waals surface area contributed by atoms with Gasteiger partial charge in [-0.15, -0.1) is 0 Å². The molecule has 0 heterocycles. The Hall–Kier alpha value is -1.49. The molecule has 18 heavy (non-hydrogen) atoms. The van der Waals surface area contributed by atoms with E-state index in [0.717, 1.165) is 11.3 Å². The quantitative estimate of drug-likeness (QED) is 0.829. The highest BCUT2D eigenvalue weighted by atomic mass is 32.2. The molecule has 0 saturated carbocycles. The third-order valence-electron chi connectivity index (χ3n) is 2.44. The predicted molar refractivity (Wildman–Crippen MR) is 74.0 cm³/mol. The first kappa shape index (κ1) is 14.6. The second-order valence-electron chi connectivity index (χ2n) is 4.11. The highest BCUT2D eigenvalue weighted by Gasteiger charge is 2.12. The molecule has 1 aromatic carbocycles. The summed E-state index contributed by atoms with van der Waals surface area (Å²) in [6.45, 7) is 1.88. The van der Waals surface area contributed by atoms with Gasteiger partial charge in [0.05, 0.1) is 6.42 Å². The first-order valence-electron chi connectivity index (χ1n) is 5.63. The minimum Gasteiger partial charge on any atom is -0.481 e. The molecule has 0 saturated heterocycles. The van der Waals surface area contributed by atoms with Gasteiger partial charge in [0.2, 0.25) is 5.91 Å². The number of thioether (sulfide) groups is 1. The van der Waals surface area contributed by atoms with Gasteiger partial charge < -0.3 is 10.4 Å². The second-order valence-corrected chi connectivity index (χ2v) is 5.02. The maximum absolute atomic E-state index is 11.7.